The van der Waals surface area contributed by atoms with Gasteiger partial charge in [-0.15, -0.1) is 0 Å². The van der Waals surface area contributed by atoms with E-state index in [-0.39, 0.29) is 22.3 Å². The molecule has 7 nitrogen and oxygen atoms in total. The molecule has 0 spiro atoms. The number of rotatable bonds is 14. The van der Waals surface area contributed by atoms with Crippen LogP contribution in [0.3, 0.4) is 0 Å². The number of hydrogen-bond donors (Lipinski definition) is 2. The van der Waals surface area contributed by atoms with Crippen LogP contribution in [0.25, 0.3) is 0 Å². The van der Waals surface area contributed by atoms with Crippen molar-refractivity contribution in [2.75, 3.05) is 29.5 Å². The Hall–Kier alpha value is -2.72. The molecule has 5 rings (SSSR count). The summed E-state index contributed by atoms with van der Waals surface area (Å²) in [4.78, 5) is 2.29. The molecule has 0 bridgehead atoms. The summed E-state index contributed by atoms with van der Waals surface area (Å²) >= 11 is 7.20. The molecule has 0 atom stereocenters. The molecule has 0 aromatic heterocycles. The highest BCUT2D eigenvalue weighted by molar-refractivity contribution is 7.85. The minimum atomic E-state index is -3.98. The smallest absolute Gasteiger partial charge is 0.264 e. The van der Waals surface area contributed by atoms with Crippen molar-refractivity contribution >= 4 is 49.5 Å². The van der Waals surface area contributed by atoms with Gasteiger partial charge < -0.3 is 4.90 Å². The maximum Gasteiger partial charge on any atom is 0.264 e. The summed E-state index contributed by atoms with van der Waals surface area (Å²) in [5.41, 5.74) is 9.48. The summed E-state index contributed by atoms with van der Waals surface area (Å²) in [5.74, 6) is -0.00531. The topological polar surface area (TPSA) is 94.8 Å². The fraction of sp³-hybridized carbons (Fsp3) is 0.500. The molecule has 3 aliphatic rings. The first-order valence-corrected chi connectivity index (χ1v) is 20.5. The highest BCUT2D eigenvalue weighted by Gasteiger charge is 2.45. The van der Waals surface area contributed by atoms with Gasteiger partial charge in [0.25, 0.3) is 10.1 Å². The molecule has 1 N–H and O–H groups in total. The van der Waals surface area contributed by atoms with Gasteiger partial charge in [0.2, 0.25) is 5.69 Å². The standard InChI is InChI=1S/C38H49ClN2O5S2/c1-37(2)30-16-5-7-18-32(30)40(24-9-11-26-47(42)43)34(37)22-20-28-14-13-15-29(36(28)39)21-23-35-38(3,4)31-17-6-8-19-33(31)41(35)25-10-12-27-48(44,45)46/h5-8,16-19,21,23,47H,9-15,20,22,24-27H2,1-4H3/p+1/b29-21+,35-23-. The van der Waals surface area contributed by atoms with Crippen LogP contribution in [0.1, 0.15) is 96.6 Å². The molecule has 0 unspecified atom stereocenters. The SMILES string of the molecule is CC1(C)C(CCC2=C(Cl)/C(=C/C=C3\N(CCCCS(=O)(=O)O)c4ccccc4C3(C)C)CCC2)=[N+](CCCC[SH](=O)=O)c2ccccc21. The van der Waals surface area contributed by atoms with Crippen molar-refractivity contribution in [3.63, 3.8) is 0 Å². The minimum Gasteiger partial charge on any atom is -0.344 e. The van der Waals surface area contributed by atoms with E-state index in [4.69, 9.17) is 11.6 Å². The summed E-state index contributed by atoms with van der Waals surface area (Å²) in [6.45, 7) is 10.5. The van der Waals surface area contributed by atoms with Crippen molar-refractivity contribution in [2.24, 2.45) is 0 Å². The molecule has 48 heavy (non-hydrogen) atoms. The second-order valence-electron chi connectivity index (χ2n) is 14.3. The second kappa shape index (κ2) is 15.0. The first-order valence-electron chi connectivity index (χ1n) is 17.2. The molecule has 10 heteroatoms. The van der Waals surface area contributed by atoms with E-state index < -0.39 is 20.8 Å². The van der Waals surface area contributed by atoms with E-state index in [0.29, 0.717) is 25.8 Å². The number of halogens is 1. The second-order valence-corrected chi connectivity index (χ2v) is 17.4. The maximum atomic E-state index is 11.3. The number of anilines is 1. The summed E-state index contributed by atoms with van der Waals surface area (Å²) in [5, 5.41) is 0.867. The molecule has 0 radical (unpaired) electrons. The van der Waals surface area contributed by atoms with Crippen molar-refractivity contribution in [1.82, 2.24) is 0 Å². The number of thiol groups is 1. The lowest BCUT2D eigenvalue weighted by Gasteiger charge is -2.27. The molecular formula is C38H50ClN2O5S2+. The highest BCUT2D eigenvalue weighted by Crippen LogP contribution is 2.48. The van der Waals surface area contributed by atoms with Crippen LogP contribution in [-0.4, -0.2) is 56.3 Å². The summed E-state index contributed by atoms with van der Waals surface area (Å²) in [6.07, 6.45) is 11.6. The van der Waals surface area contributed by atoms with E-state index in [1.54, 1.807) is 0 Å². The van der Waals surface area contributed by atoms with Crippen molar-refractivity contribution < 1.29 is 26.0 Å². The minimum absolute atomic E-state index is 0.126. The normalized spacial score (nSPS) is 20.4. The van der Waals surface area contributed by atoms with Gasteiger partial charge in [0.05, 0.1) is 11.2 Å². The van der Waals surface area contributed by atoms with Crippen molar-refractivity contribution in [2.45, 2.75) is 96.3 Å². The zero-order chi connectivity index (χ0) is 34.7. The zero-order valence-corrected chi connectivity index (χ0v) is 31.1. The van der Waals surface area contributed by atoms with Gasteiger partial charge in [-0.3, -0.25) is 4.55 Å². The van der Waals surface area contributed by atoms with Gasteiger partial charge in [0, 0.05) is 58.6 Å². The summed E-state index contributed by atoms with van der Waals surface area (Å²) < 4.78 is 56.6. The van der Waals surface area contributed by atoms with Gasteiger partial charge >= 0.3 is 0 Å². The zero-order valence-electron chi connectivity index (χ0n) is 28.7. The Bertz CT molecular complexity index is 1840. The van der Waals surface area contributed by atoms with E-state index in [2.05, 4.69) is 91.8 Å². The number of benzene rings is 2. The van der Waals surface area contributed by atoms with Gasteiger partial charge in [-0.25, -0.2) is 8.42 Å². The molecule has 0 saturated carbocycles. The average molecular weight is 714 g/mol. The van der Waals surface area contributed by atoms with Crippen LogP contribution in [0.5, 0.6) is 0 Å². The number of hydrogen-bond acceptors (Lipinski definition) is 5. The Kier molecular flexibility index (Phi) is 11.4. The molecular weight excluding hydrogens is 664 g/mol. The van der Waals surface area contributed by atoms with E-state index in [1.807, 2.05) is 6.07 Å². The Morgan fingerprint density at radius 1 is 0.896 bits per heavy atom. The van der Waals surface area contributed by atoms with Gasteiger partial charge in [-0.05, 0) is 82.1 Å². The first kappa shape index (κ1) is 36.6. The molecule has 1 aliphatic carbocycles. The third-order valence-corrected chi connectivity index (χ3v) is 12.3. The van der Waals surface area contributed by atoms with Crippen LogP contribution in [0, 0.1) is 0 Å². The molecule has 2 aromatic rings. The number of para-hydroxylation sites is 2. The van der Waals surface area contributed by atoms with Crippen LogP contribution < -0.4 is 4.90 Å². The highest BCUT2D eigenvalue weighted by atomic mass is 35.5. The molecule has 2 aliphatic heterocycles. The quantitative estimate of drug-likeness (QED) is 0.0888. The summed E-state index contributed by atoms with van der Waals surface area (Å²) in [7, 11) is -6.33. The van der Waals surface area contributed by atoms with Crippen LogP contribution in [0.4, 0.5) is 11.4 Å². The van der Waals surface area contributed by atoms with Gasteiger partial charge in [0.1, 0.15) is 17.2 Å². The summed E-state index contributed by atoms with van der Waals surface area (Å²) in [6, 6.07) is 16.9. The molecule has 260 valence electrons. The first-order chi connectivity index (χ1) is 22.7. The van der Waals surface area contributed by atoms with E-state index >= 15 is 0 Å². The number of fused-ring (bicyclic) bond motifs is 2. The lowest BCUT2D eigenvalue weighted by atomic mass is 9.79. The van der Waals surface area contributed by atoms with E-state index in [0.717, 1.165) is 67.1 Å². The Morgan fingerprint density at radius 2 is 1.60 bits per heavy atom. The Labute approximate surface area is 293 Å². The number of nitrogens with zero attached hydrogens (tertiary/aromatic N) is 2. The van der Waals surface area contributed by atoms with Crippen molar-refractivity contribution in [3.05, 3.63) is 93.7 Å². The van der Waals surface area contributed by atoms with Crippen LogP contribution in [-0.2, 0) is 31.7 Å². The van der Waals surface area contributed by atoms with Crippen LogP contribution in [0.2, 0.25) is 0 Å². The maximum absolute atomic E-state index is 11.3. The molecule has 2 heterocycles. The van der Waals surface area contributed by atoms with Crippen LogP contribution in [0.15, 0.2) is 82.6 Å². The predicted octanol–water partition coefficient (Wildman–Crippen LogP) is 8.19. The largest absolute Gasteiger partial charge is 0.344 e. The van der Waals surface area contributed by atoms with Gasteiger partial charge in [-0.2, -0.15) is 13.0 Å². The van der Waals surface area contributed by atoms with Crippen LogP contribution >= 0.6 is 11.6 Å². The monoisotopic (exact) mass is 713 g/mol. The lowest BCUT2D eigenvalue weighted by molar-refractivity contribution is -0.440. The molecule has 0 amide bonds. The number of unbranched alkanes of at least 4 members (excludes halogenated alkanes) is 2. The third kappa shape index (κ3) is 8.01. The lowest BCUT2D eigenvalue weighted by Crippen LogP contribution is -2.30. The molecule has 0 fully saturated rings. The Balaban J connectivity index is 1.39. The predicted molar refractivity (Wildman–Crippen MR) is 198 cm³/mol. The fourth-order valence-corrected chi connectivity index (χ4v) is 9.20. The van der Waals surface area contributed by atoms with E-state index in [9.17, 15) is 21.4 Å². The van der Waals surface area contributed by atoms with E-state index in [1.165, 1.54) is 28.1 Å². The average Bonchev–Trinajstić information content (AvgIpc) is 3.38. The van der Waals surface area contributed by atoms with Crippen molar-refractivity contribution in [3.8, 4) is 0 Å². The third-order valence-electron chi connectivity index (χ3n) is 10.3. The van der Waals surface area contributed by atoms with Crippen molar-refractivity contribution in [1.29, 1.82) is 0 Å². The van der Waals surface area contributed by atoms with Gasteiger partial charge in [-0.1, -0.05) is 73.5 Å². The molecule has 2 aromatic carbocycles. The fourth-order valence-electron chi connectivity index (χ4n) is 7.80. The number of allylic oxidation sites excluding steroid dienone is 6. The Morgan fingerprint density at radius 3 is 2.33 bits per heavy atom. The molecule has 0 saturated heterocycles. The van der Waals surface area contributed by atoms with Gasteiger partial charge in [0.15, 0.2) is 5.71 Å².